The number of hydrogen-bond donors (Lipinski definition) is 1. The molecule has 5 nitrogen and oxygen atoms in total. The van der Waals surface area contributed by atoms with E-state index in [2.05, 4.69) is 5.32 Å². The molecule has 0 saturated carbocycles. The van der Waals surface area contributed by atoms with Crippen LogP contribution in [0.5, 0.6) is 0 Å². The minimum absolute atomic E-state index is 0.283. The monoisotopic (exact) mass is 536 g/mol. The van der Waals surface area contributed by atoms with E-state index >= 15 is 0 Å². The molecule has 0 heterocycles. The molecule has 3 aromatic rings. The summed E-state index contributed by atoms with van der Waals surface area (Å²) in [5.74, 6) is -1.09. The van der Waals surface area contributed by atoms with Gasteiger partial charge in [-0.2, -0.15) is 26.3 Å². The van der Waals surface area contributed by atoms with E-state index in [1.54, 1.807) is 0 Å². The van der Waals surface area contributed by atoms with Gasteiger partial charge in [-0.25, -0.2) is 8.42 Å². The number of alkyl halides is 6. The smallest absolute Gasteiger partial charge is 0.325 e. The molecule has 35 heavy (non-hydrogen) atoms. The lowest BCUT2D eigenvalue weighted by Crippen LogP contribution is -2.38. The molecule has 3 rings (SSSR count). The minimum Gasteiger partial charge on any atom is -0.325 e. The van der Waals surface area contributed by atoms with Gasteiger partial charge in [-0.15, -0.1) is 0 Å². The number of benzene rings is 3. The van der Waals surface area contributed by atoms with Crippen LogP contribution in [-0.2, 0) is 27.2 Å². The van der Waals surface area contributed by atoms with Crippen molar-refractivity contribution in [1.29, 1.82) is 0 Å². The summed E-state index contributed by atoms with van der Waals surface area (Å²) in [5.41, 5.74) is -3.20. The number of halogens is 7. The number of carbonyl (C=O) groups excluding carboxylic acids is 1. The Morgan fingerprint density at radius 3 is 2.11 bits per heavy atom. The Morgan fingerprint density at radius 2 is 1.51 bits per heavy atom. The number of rotatable bonds is 6. The quantitative estimate of drug-likeness (QED) is 0.381. The number of carbonyl (C=O) groups is 1. The second-order valence-electron chi connectivity index (χ2n) is 7.11. The fourth-order valence-corrected chi connectivity index (χ4v) is 4.68. The molecule has 1 amide bonds. The van der Waals surface area contributed by atoms with Crippen LogP contribution in [0.1, 0.15) is 11.1 Å². The Labute approximate surface area is 201 Å². The Hall–Kier alpha value is -3.25. The summed E-state index contributed by atoms with van der Waals surface area (Å²) in [7, 11) is -4.57. The topological polar surface area (TPSA) is 66.5 Å². The van der Waals surface area contributed by atoms with Crippen LogP contribution in [0, 0.1) is 0 Å². The predicted molar refractivity (Wildman–Crippen MR) is 118 cm³/mol. The molecule has 0 spiro atoms. The van der Waals surface area contributed by atoms with Crippen molar-refractivity contribution < 1.29 is 39.6 Å². The first-order chi connectivity index (χ1) is 16.2. The Balaban J connectivity index is 2.01. The van der Waals surface area contributed by atoms with Gasteiger partial charge in [0.15, 0.2) is 0 Å². The zero-order valence-corrected chi connectivity index (χ0v) is 18.9. The maximum atomic E-state index is 13.4. The highest BCUT2D eigenvalue weighted by molar-refractivity contribution is 7.92. The van der Waals surface area contributed by atoms with Gasteiger partial charge < -0.3 is 5.32 Å². The lowest BCUT2D eigenvalue weighted by atomic mass is 10.2. The number of nitrogens with one attached hydrogen (secondary N) is 1. The van der Waals surface area contributed by atoms with Crippen molar-refractivity contribution in [3.05, 3.63) is 88.9 Å². The molecule has 1 N–H and O–H groups in total. The van der Waals surface area contributed by atoms with Crippen molar-refractivity contribution in [3.63, 3.8) is 0 Å². The van der Waals surface area contributed by atoms with Crippen molar-refractivity contribution in [3.8, 4) is 0 Å². The molecule has 186 valence electrons. The van der Waals surface area contributed by atoms with E-state index in [4.69, 9.17) is 11.6 Å². The van der Waals surface area contributed by atoms with Crippen LogP contribution >= 0.6 is 11.6 Å². The van der Waals surface area contributed by atoms with Crippen LogP contribution in [0.3, 0.4) is 0 Å². The summed E-state index contributed by atoms with van der Waals surface area (Å²) in [5, 5.41) is 1.45. The summed E-state index contributed by atoms with van der Waals surface area (Å²) < 4.78 is 106. The Kier molecular flexibility index (Phi) is 7.37. The van der Waals surface area contributed by atoms with Crippen molar-refractivity contribution >= 4 is 38.9 Å². The lowest BCUT2D eigenvalue weighted by Gasteiger charge is -2.25. The lowest BCUT2D eigenvalue weighted by molar-refractivity contribution is -0.138. The largest absolute Gasteiger partial charge is 0.417 e. The zero-order chi connectivity index (χ0) is 26.0. The van der Waals surface area contributed by atoms with E-state index < -0.39 is 56.7 Å². The summed E-state index contributed by atoms with van der Waals surface area (Å²) >= 11 is 5.62. The molecule has 0 bridgehead atoms. The van der Waals surface area contributed by atoms with Gasteiger partial charge in [-0.05, 0) is 48.5 Å². The van der Waals surface area contributed by atoms with E-state index in [0.29, 0.717) is 16.4 Å². The van der Waals surface area contributed by atoms with E-state index in [1.807, 2.05) is 0 Å². The van der Waals surface area contributed by atoms with Gasteiger partial charge in [0.1, 0.15) is 6.54 Å². The standard InChI is InChI=1S/C22H15ClF6N2O3S/c23-19-10-9-16(12-18(19)22(27,28)29)31(35(33,34)17-7-2-1-3-8-17)13-20(32)30-15-6-4-5-14(11-15)21(24,25)26/h1-12H,13H2,(H,30,32). The summed E-state index contributed by atoms with van der Waals surface area (Å²) in [6.45, 7) is -1.04. The molecular weight excluding hydrogens is 522 g/mol. The van der Waals surface area contributed by atoms with Gasteiger partial charge in [0.2, 0.25) is 5.91 Å². The summed E-state index contributed by atoms with van der Waals surface area (Å²) in [6, 6.07) is 12.5. The number of nitrogens with zero attached hydrogens (tertiary/aromatic N) is 1. The third kappa shape index (κ3) is 6.25. The van der Waals surface area contributed by atoms with Crippen molar-refractivity contribution in [2.45, 2.75) is 17.2 Å². The van der Waals surface area contributed by atoms with Gasteiger partial charge in [0.25, 0.3) is 10.0 Å². The maximum Gasteiger partial charge on any atom is 0.417 e. The van der Waals surface area contributed by atoms with Crippen LogP contribution in [0.2, 0.25) is 5.02 Å². The third-order valence-electron chi connectivity index (χ3n) is 4.64. The SMILES string of the molecule is O=C(CN(c1ccc(Cl)c(C(F)(F)F)c1)S(=O)(=O)c1ccccc1)Nc1cccc(C(F)(F)F)c1. The number of hydrogen-bond acceptors (Lipinski definition) is 3. The first-order valence-corrected chi connectivity index (χ1v) is 11.4. The average molecular weight is 537 g/mol. The van der Waals surface area contributed by atoms with E-state index in [-0.39, 0.29) is 10.6 Å². The fraction of sp³-hybridized carbons (Fsp3) is 0.136. The molecular formula is C22H15ClF6N2O3S. The highest BCUT2D eigenvalue weighted by Gasteiger charge is 2.36. The molecule has 0 unspecified atom stereocenters. The Bertz CT molecular complexity index is 1330. The first kappa shape index (κ1) is 26.4. The van der Waals surface area contributed by atoms with Gasteiger partial charge in [-0.1, -0.05) is 35.9 Å². The third-order valence-corrected chi connectivity index (χ3v) is 6.75. The van der Waals surface area contributed by atoms with Crippen LogP contribution in [0.15, 0.2) is 77.7 Å². The highest BCUT2D eigenvalue weighted by Crippen LogP contribution is 2.38. The fourth-order valence-electron chi connectivity index (χ4n) is 3.02. The van der Waals surface area contributed by atoms with Gasteiger partial charge >= 0.3 is 12.4 Å². The molecule has 0 fully saturated rings. The van der Waals surface area contributed by atoms with Gasteiger partial charge in [0, 0.05) is 5.69 Å². The molecule has 0 aromatic heterocycles. The van der Waals surface area contributed by atoms with Crippen LogP contribution in [0.4, 0.5) is 37.7 Å². The molecule has 0 aliphatic rings. The van der Waals surface area contributed by atoms with E-state index in [1.165, 1.54) is 30.3 Å². The van der Waals surface area contributed by atoms with Gasteiger partial charge in [0.05, 0.1) is 26.7 Å². The van der Waals surface area contributed by atoms with Crippen molar-refractivity contribution in [2.75, 3.05) is 16.2 Å². The minimum atomic E-state index is -4.92. The maximum absolute atomic E-state index is 13.4. The second kappa shape index (κ2) is 9.78. The number of amides is 1. The van der Waals surface area contributed by atoms with Crippen LogP contribution in [0.25, 0.3) is 0 Å². The molecule has 0 radical (unpaired) electrons. The highest BCUT2D eigenvalue weighted by atomic mass is 35.5. The number of anilines is 2. The van der Waals surface area contributed by atoms with E-state index in [0.717, 1.165) is 30.3 Å². The molecule has 0 aliphatic heterocycles. The average Bonchev–Trinajstić information content (AvgIpc) is 2.77. The first-order valence-electron chi connectivity index (χ1n) is 9.61. The number of sulfonamides is 1. The normalized spacial score (nSPS) is 12.3. The molecule has 0 aliphatic carbocycles. The Morgan fingerprint density at radius 1 is 0.857 bits per heavy atom. The second-order valence-corrected chi connectivity index (χ2v) is 9.38. The molecule has 0 saturated heterocycles. The zero-order valence-electron chi connectivity index (χ0n) is 17.4. The van der Waals surface area contributed by atoms with Gasteiger partial charge in [-0.3, -0.25) is 9.10 Å². The predicted octanol–water partition coefficient (Wildman–Crippen LogP) is 6.21. The summed E-state index contributed by atoms with van der Waals surface area (Å²) in [6.07, 6.45) is -9.61. The van der Waals surface area contributed by atoms with Crippen LogP contribution in [-0.4, -0.2) is 20.9 Å². The van der Waals surface area contributed by atoms with E-state index in [9.17, 15) is 39.6 Å². The van der Waals surface area contributed by atoms with Crippen LogP contribution < -0.4 is 9.62 Å². The molecule has 3 aromatic carbocycles. The summed E-state index contributed by atoms with van der Waals surface area (Å²) in [4.78, 5) is 12.3. The van der Waals surface area contributed by atoms with Crippen molar-refractivity contribution in [2.24, 2.45) is 0 Å². The van der Waals surface area contributed by atoms with Crippen molar-refractivity contribution in [1.82, 2.24) is 0 Å². The molecule has 0 atom stereocenters. The molecule has 13 heteroatoms.